The lowest BCUT2D eigenvalue weighted by Crippen LogP contribution is -2.52. The molecule has 1 saturated heterocycles. The van der Waals surface area contributed by atoms with Gasteiger partial charge in [0, 0.05) is 6.04 Å². The standard InChI is InChI=1S/C16H19NO4S/c1-16-10-14(22(19,20)11-7-5-4-6-8-11)12(17(16)2)9-13(21-3)15(16)18/h4-9,12,14H,10H2,1-3H3/t12-,14-,16-/m0/s1. The van der Waals surface area contributed by atoms with Crippen LogP contribution in [0.5, 0.6) is 0 Å². The Hall–Kier alpha value is -1.66. The van der Waals surface area contributed by atoms with Gasteiger partial charge in [0.15, 0.2) is 15.6 Å². The minimum atomic E-state index is -3.51. The summed E-state index contributed by atoms with van der Waals surface area (Å²) in [4.78, 5) is 14.7. The Morgan fingerprint density at radius 3 is 2.50 bits per heavy atom. The Balaban J connectivity index is 2.09. The lowest BCUT2D eigenvalue weighted by atomic mass is 9.91. The van der Waals surface area contributed by atoms with Gasteiger partial charge < -0.3 is 4.74 Å². The first-order valence-corrected chi connectivity index (χ1v) is 8.69. The van der Waals surface area contributed by atoms with E-state index in [1.54, 1.807) is 50.4 Å². The highest BCUT2D eigenvalue weighted by Gasteiger charge is 2.58. The largest absolute Gasteiger partial charge is 0.493 e. The van der Waals surface area contributed by atoms with E-state index in [1.807, 2.05) is 4.90 Å². The maximum Gasteiger partial charge on any atom is 0.216 e. The molecule has 6 heteroatoms. The molecule has 2 heterocycles. The van der Waals surface area contributed by atoms with Crippen LogP contribution >= 0.6 is 0 Å². The number of ketones is 1. The van der Waals surface area contributed by atoms with Gasteiger partial charge >= 0.3 is 0 Å². The summed E-state index contributed by atoms with van der Waals surface area (Å²) in [7, 11) is -0.272. The Labute approximate surface area is 130 Å². The topological polar surface area (TPSA) is 63.7 Å². The number of fused-ring (bicyclic) bond motifs is 2. The van der Waals surface area contributed by atoms with Gasteiger partial charge in [0.05, 0.1) is 22.8 Å². The lowest BCUT2D eigenvalue weighted by Gasteiger charge is -2.36. The van der Waals surface area contributed by atoms with Crippen LogP contribution in [0.2, 0.25) is 0 Å². The van der Waals surface area contributed by atoms with Crippen LogP contribution in [0.4, 0.5) is 0 Å². The number of benzene rings is 1. The van der Waals surface area contributed by atoms with E-state index in [2.05, 4.69) is 0 Å². The fourth-order valence-corrected chi connectivity index (χ4v) is 5.50. The van der Waals surface area contributed by atoms with Crippen LogP contribution in [0.25, 0.3) is 0 Å². The number of carbonyl (C=O) groups is 1. The van der Waals surface area contributed by atoms with Crippen LogP contribution in [-0.4, -0.2) is 50.1 Å². The summed E-state index contributed by atoms with van der Waals surface area (Å²) in [5.74, 6) is 0.107. The molecule has 22 heavy (non-hydrogen) atoms. The molecule has 0 aliphatic carbocycles. The Kier molecular flexibility index (Phi) is 3.41. The molecule has 1 aromatic rings. The molecule has 2 aliphatic rings. The molecule has 2 aliphatic heterocycles. The number of hydrogen-bond acceptors (Lipinski definition) is 5. The molecule has 3 atom stereocenters. The number of likely N-dealkylation sites (N-methyl/N-ethyl adjacent to an activating group) is 1. The van der Waals surface area contributed by atoms with Crippen LogP contribution in [0.15, 0.2) is 47.1 Å². The summed E-state index contributed by atoms with van der Waals surface area (Å²) in [6.07, 6.45) is 1.91. The molecule has 118 valence electrons. The maximum absolute atomic E-state index is 13.0. The summed E-state index contributed by atoms with van der Waals surface area (Å²) >= 11 is 0. The molecule has 0 amide bonds. The molecule has 0 aromatic heterocycles. The van der Waals surface area contributed by atoms with Crippen LogP contribution in [0, 0.1) is 0 Å². The zero-order valence-electron chi connectivity index (χ0n) is 12.8. The van der Waals surface area contributed by atoms with E-state index < -0.39 is 20.6 Å². The number of methoxy groups -OCH3 is 1. The van der Waals surface area contributed by atoms with Gasteiger partial charge in [-0.15, -0.1) is 0 Å². The Bertz CT molecular complexity index is 741. The predicted octanol–water partition coefficient (Wildman–Crippen LogP) is 1.40. The van der Waals surface area contributed by atoms with Crippen molar-refractivity contribution >= 4 is 15.6 Å². The third-order valence-corrected chi connectivity index (χ3v) is 7.10. The number of rotatable bonds is 3. The van der Waals surface area contributed by atoms with Crippen molar-refractivity contribution in [3.05, 3.63) is 42.2 Å². The average Bonchev–Trinajstić information content (AvgIpc) is 2.71. The number of nitrogens with zero attached hydrogens (tertiary/aromatic N) is 1. The molecular weight excluding hydrogens is 302 g/mol. The zero-order chi connectivity index (χ0) is 16.1. The van der Waals surface area contributed by atoms with E-state index in [9.17, 15) is 13.2 Å². The molecule has 0 spiro atoms. The number of hydrogen-bond donors (Lipinski definition) is 0. The van der Waals surface area contributed by atoms with Gasteiger partial charge in [0.1, 0.15) is 0 Å². The van der Waals surface area contributed by atoms with E-state index in [1.165, 1.54) is 7.11 Å². The number of carbonyl (C=O) groups excluding carboxylic acids is 1. The van der Waals surface area contributed by atoms with Gasteiger partial charge in [-0.2, -0.15) is 0 Å². The zero-order valence-corrected chi connectivity index (χ0v) is 13.6. The van der Waals surface area contributed by atoms with Gasteiger partial charge in [-0.25, -0.2) is 8.42 Å². The van der Waals surface area contributed by atoms with Crippen molar-refractivity contribution in [1.82, 2.24) is 4.90 Å². The summed E-state index contributed by atoms with van der Waals surface area (Å²) in [5, 5.41) is -0.651. The van der Waals surface area contributed by atoms with E-state index in [0.717, 1.165) is 0 Å². The molecule has 0 radical (unpaired) electrons. The second-order valence-electron chi connectivity index (χ2n) is 6.04. The first-order chi connectivity index (χ1) is 10.3. The van der Waals surface area contributed by atoms with Crippen molar-refractivity contribution in [2.75, 3.05) is 14.2 Å². The van der Waals surface area contributed by atoms with Gasteiger partial charge in [-0.05, 0) is 38.6 Å². The third-order valence-electron chi connectivity index (χ3n) is 4.93. The molecular formula is C16H19NO4S. The van der Waals surface area contributed by atoms with Gasteiger partial charge in [-0.3, -0.25) is 9.69 Å². The molecule has 1 fully saturated rings. The molecule has 2 bridgehead atoms. The van der Waals surface area contributed by atoms with Crippen LogP contribution in [-0.2, 0) is 19.4 Å². The summed E-state index contributed by atoms with van der Waals surface area (Å²) in [6, 6.07) is 8.04. The first-order valence-electron chi connectivity index (χ1n) is 7.15. The summed E-state index contributed by atoms with van der Waals surface area (Å²) in [6.45, 7) is 1.79. The fraction of sp³-hybridized carbons (Fsp3) is 0.438. The average molecular weight is 321 g/mol. The lowest BCUT2D eigenvalue weighted by molar-refractivity contribution is -0.128. The van der Waals surface area contributed by atoms with E-state index in [-0.39, 0.29) is 24.0 Å². The van der Waals surface area contributed by atoms with E-state index >= 15 is 0 Å². The smallest absolute Gasteiger partial charge is 0.216 e. The molecule has 0 N–H and O–H groups in total. The van der Waals surface area contributed by atoms with Crippen molar-refractivity contribution in [1.29, 1.82) is 0 Å². The van der Waals surface area contributed by atoms with Gasteiger partial charge in [-0.1, -0.05) is 18.2 Å². The van der Waals surface area contributed by atoms with E-state index in [0.29, 0.717) is 4.90 Å². The van der Waals surface area contributed by atoms with Crippen molar-refractivity contribution in [3.63, 3.8) is 0 Å². The Morgan fingerprint density at radius 1 is 1.27 bits per heavy atom. The highest BCUT2D eigenvalue weighted by atomic mass is 32.2. The molecule has 1 aromatic carbocycles. The SMILES string of the molecule is COC1=C[C@H]2[C@@H](S(=O)(=O)c3ccccc3)C[C@@](C)(C1=O)N2C. The first kappa shape index (κ1) is 15.2. The molecule has 5 nitrogen and oxygen atoms in total. The van der Waals surface area contributed by atoms with E-state index in [4.69, 9.17) is 4.74 Å². The number of ether oxygens (including phenoxy) is 1. The summed E-state index contributed by atoms with van der Waals surface area (Å²) < 4.78 is 31.1. The van der Waals surface area contributed by atoms with Gasteiger partial charge in [0.25, 0.3) is 0 Å². The predicted molar refractivity (Wildman–Crippen MR) is 82.1 cm³/mol. The van der Waals surface area contributed by atoms with Crippen LogP contribution in [0.3, 0.4) is 0 Å². The van der Waals surface area contributed by atoms with Crippen molar-refractivity contribution < 1.29 is 17.9 Å². The number of Topliss-reactive ketones (excluding diaryl/α,β-unsaturated/α-hetero) is 1. The monoisotopic (exact) mass is 321 g/mol. The highest BCUT2D eigenvalue weighted by Crippen LogP contribution is 2.44. The van der Waals surface area contributed by atoms with Crippen molar-refractivity contribution in [2.45, 2.75) is 35.1 Å². The van der Waals surface area contributed by atoms with Crippen LogP contribution in [0.1, 0.15) is 13.3 Å². The highest BCUT2D eigenvalue weighted by molar-refractivity contribution is 7.92. The Morgan fingerprint density at radius 2 is 1.91 bits per heavy atom. The third kappa shape index (κ3) is 1.94. The summed E-state index contributed by atoms with van der Waals surface area (Å²) in [5.41, 5.74) is -0.836. The number of sulfone groups is 1. The van der Waals surface area contributed by atoms with Crippen molar-refractivity contribution in [3.8, 4) is 0 Å². The quantitative estimate of drug-likeness (QED) is 0.842. The maximum atomic E-state index is 13.0. The fourth-order valence-electron chi connectivity index (χ4n) is 3.44. The second-order valence-corrected chi connectivity index (χ2v) is 8.21. The molecule has 0 unspecified atom stereocenters. The van der Waals surface area contributed by atoms with Crippen LogP contribution < -0.4 is 0 Å². The van der Waals surface area contributed by atoms with Gasteiger partial charge in [0.2, 0.25) is 5.78 Å². The molecule has 0 saturated carbocycles. The normalized spacial score (nSPS) is 32.0. The minimum absolute atomic E-state index is 0.153. The second kappa shape index (κ2) is 4.93. The van der Waals surface area contributed by atoms with Crippen molar-refractivity contribution in [2.24, 2.45) is 0 Å². The minimum Gasteiger partial charge on any atom is -0.493 e. The molecule has 3 rings (SSSR count).